The summed E-state index contributed by atoms with van der Waals surface area (Å²) in [6, 6.07) is 20.7. The van der Waals surface area contributed by atoms with E-state index in [0.717, 1.165) is 11.1 Å². The number of carbonyl (C=O) groups is 7. The van der Waals surface area contributed by atoms with Gasteiger partial charge in [-0.25, -0.2) is 4.79 Å². The molecule has 7 amide bonds. The maximum absolute atomic E-state index is 14.0. The predicted molar refractivity (Wildman–Crippen MR) is 237 cm³/mol. The smallest absolute Gasteiger partial charge is 0.329 e. The number of amides is 7. The zero-order valence-electron chi connectivity index (χ0n) is 36.1. The molecule has 0 aliphatic carbocycles. The van der Waals surface area contributed by atoms with Crippen LogP contribution in [0.4, 0.5) is 0 Å². The number of nitrogens with one attached hydrogen (secondary N) is 3. The normalized spacial score (nSPS) is 20.4. The van der Waals surface area contributed by atoms with Crippen LogP contribution >= 0.6 is 0 Å². The van der Waals surface area contributed by atoms with E-state index in [0.29, 0.717) is 55.2 Å². The molecule has 16 heteroatoms. The van der Waals surface area contributed by atoms with Gasteiger partial charge in [0.15, 0.2) is 0 Å². The predicted octanol–water partition coefficient (Wildman–Crippen LogP) is 2.72. The SMILES string of the molecule is C[C@H]1CN(C(=O)CCCC#Cc2ccc3c(c2)n(C)c(=O)n3C2CCC(=O)NC2=O)CC[C@H]2CC[C@@H](C(=O)N[C@@H](CCC(N)=O)C(=O)NC(c3ccccc3)c3ccccc3)N2C1=O. The molecule has 334 valence electrons. The van der Waals surface area contributed by atoms with E-state index in [-0.39, 0.29) is 68.1 Å². The fraction of sp³-hybridized carbons (Fsp3) is 0.417. The summed E-state index contributed by atoms with van der Waals surface area (Å²) in [6.07, 6.45) is 2.85. The number of imidazole rings is 1. The summed E-state index contributed by atoms with van der Waals surface area (Å²) >= 11 is 0. The zero-order chi connectivity index (χ0) is 45.5. The lowest BCUT2D eigenvalue weighted by Crippen LogP contribution is -2.57. The molecule has 3 aliphatic rings. The molecule has 0 spiro atoms. The monoisotopic (exact) mass is 870 g/mol. The van der Waals surface area contributed by atoms with Crippen molar-refractivity contribution >= 4 is 52.4 Å². The summed E-state index contributed by atoms with van der Waals surface area (Å²) in [5.41, 5.74) is 8.64. The molecule has 4 aromatic rings. The van der Waals surface area contributed by atoms with Gasteiger partial charge in [-0.2, -0.15) is 0 Å². The molecule has 64 heavy (non-hydrogen) atoms. The lowest BCUT2D eigenvalue weighted by atomic mass is 9.98. The first-order valence-corrected chi connectivity index (χ1v) is 21.9. The standard InChI is InChI=1S/C48H54N8O8/c1-30-29-54(42(59)17-11-3-6-12-31-18-21-36-39(28-31)53(2)48(64)56(36)38-23-25-41(58)51-46(38)62)27-26-34-19-22-37(55(34)47(30)63)45(61)50-35(20-24-40(49)57)44(60)52-43(32-13-7-4-8-14-32)33-15-9-5-10-16-33/h4-5,7-10,13-16,18,21,28,30,34-35,37-38,43H,3,11,17,19-20,22-27,29H2,1-2H3,(H2,49,57)(H,50,61)(H,52,60)(H,51,58,62)/t30-,34+,35-,37-,38?/m0/s1. The molecule has 4 heterocycles. The maximum Gasteiger partial charge on any atom is 0.329 e. The number of nitrogens with zero attached hydrogens (tertiary/aromatic N) is 4. The van der Waals surface area contributed by atoms with Gasteiger partial charge in [0.25, 0.3) is 0 Å². The van der Waals surface area contributed by atoms with E-state index in [1.807, 2.05) is 60.7 Å². The van der Waals surface area contributed by atoms with Crippen molar-refractivity contribution in [3.63, 3.8) is 0 Å². The first-order valence-electron chi connectivity index (χ1n) is 21.9. The van der Waals surface area contributed by atoms with Crippen LogP contribution in [0, 0.1) is 17.8 Å². The third-order valence-corrected chi connectivity index (χ3v) is 12.5. The molecule has 5 atom stereocenters. The van der Waals surface area contributed by atoms with Crippen LogP contribution in [0.3, 0.4) is 0 Å². The molecule has 0 bridgehead atoms. The molecule has 1 aromatic heterocycles. The van der Waals surface area contributed by atoms with E-state index in [2.05, 4.69) is 27.8 Å². The lowest BCUT2D eigenvalue weighted by Gasteiger charge is -2.38. The number of nitrogens with two attached hydrogens (primary N) is 1. The number of imide groups is 1. The highest BCUT2D eigenvalue weighted by Crippen LogP contribution is 2.31. The fourth-order valence-corrected chi connectivity index (χ4v) is 9.08. The first-order chi connectivity index (χ1) is 30.8. The maximum atomic E-state index is 14.0. The van der Waals surface area contributed by atoms with Gasteiger partial charge >= 0.3 is 5.69 Å². The van der Waals surface area contributed by atoms with Crippen LogP contribution in [0.2, 0.25) is 0 Å². The molecule has 16 nitrogen and oxygen atoms in total. The van der Waals surface area contributed by atoms with Gasteiger partial charge in [-0.1, -0.05) is 79.4 Å². The van der Waals surface area contributed by atoms with Crippen LogP contribution in [0.15, 0.2) is 83.7 Å². The van der Waals surface area contributed by atoms with Crippen LogP contribution in [0.5, 0.6) is 0 Å². The number of rotatable bonds is 13. The summed E-state index contributed by atoms with van der Waals surface area (Å²) in [7, 11) is 1.62. The summed E-state index contributed by atoms with van der Waals surface area (Å²) in [5, 5.41) is 8.24. The second-order valence-electron chi connectivity index (χ2n) is 16.9. The van der Waals surface area contributed by atoms with E-state index >= 15 is 0 Å². The average molecular weight is 871 g/mol. The van der Waals surface area contributed by atoms with Gasteiger partial charge < -0.3 is 26.2 Å². The number of benzene rings is 3. The van der Waals surface area contributed by atoms with Crippen LogP contribution in [0.25, 0.3) is 11.0 Å². The average Bonchev–Trinajstić information content (AvgIpc) is 3.82. The molecule has 3 saturated heterocycles. The van der Waals surface area contributed by atoms with Gasteiger partial charge in [0.2, 0.25) is 41.4 Å². The van der Waals surface area contributed by atoms with Crippen molar-refractivity contribution in [3.8, 4) is 11.8 Å². The Bertz CT molecular complexity index is 2520. The minimum Gasteiger partial charge on any atom is -0.370 e. The molecule has 5 N–H and O–H groups in total. The van der Waals surface area contributed by atoms with Crippen molar-refractivity contribution in [2.45, 2.75) is 101 Å². The largest absolute Gasteiger partial charge is 0.370 e. The fourth-order valence-electron chi connectivity index (χ4n) is 9.08. The highest BCUT2D eigenvalue weighted by Gasteiger charge is 2.44. The number of aromatic nitrogens is 2. The van der Waals surface area contributed by atoms with Crippen molar-refractivity contribution in [2.75, 3.05) is 13.1 Å². The summed E-state index contributed by atoms with van der Waals surface area (Å²) in [5.74, 6) is 2.90. The molecule has 7 rings (SSSR count). The lowest BCUT2D eigenvalue weighted by molar-refractivity contribution is -0.147. The minimum absolute atomic E-state index is 0.0206. The zero-order valence-corrected chi connectivity index (χ0v) is 36.1. The van der Waals surface area contributed by atoms with Crippen molar-refractivity contribution in [1.82, 2.24) is 34.9 Å². The molecule has 3 fully saturated rings. The third-order valence-electron chi connectivity index (χ3n) is 12.5. The number of hydrogen-bond donors (Lipinski definition) is 4. The van der Waals surface area contributed by atoms with E-state index in [1.54, 1.807) is 42.0 Å². The highest BCUT2D eigenvalue weighted by atomic mass is 16.2. The number of primary amides is 1. The Hall–Kier alpha value is -7.02. The Balaban J connectivity index is 0.942. The van der Waals surface area contributed by atoms with E-state index in [1.165, 1.54) is 9.13 Å². The van der Waals surface area contributed by atoms with Gasteiger partial charge in [-0.05, 0) is 67.9 Å². The van der Waals surface area contributed by atoms with Crippen molar-refractivity contribution in [1.29, 1.82) is 0 Å². The topological polar surface area (TPSA) is 215 Å². The van der Waals surface area contributed by atoms with E-state index in [4.69, 9.17) is 5.73 Å². The summed E-state index contributed by atoms with van der Waals surface area (Å²) in [4.78, 5) is 108. The number of unbranched alkanes of at least 4 members (excludes halogenated alkanes) is 1. The molecular weight excluding hydrogens is 817 g/mol. The Morgan fingerprint density at radius 1 is 0.859 bits per heavy atom. The molecular formula is C48H54N8O8. The Kier molecular flexibility index (Phi) is 14.1. The molecule has 0 radical (unpaired) electrons. The third kappa shape index (κ3) is 10.1. The molecule has 1 unspecified atom stereocenters. The van der Waals surface area contributed by atoms with Gasteiger partial charge in [-0.3, -0.25) is 48.0 Å². The second-order valence-corrected chi connectivity index (χ2v) is 16.9. The number of piperidine rings is 1. The van der Waals surface area contributed by atoms with Crippen molar-refractivity contribution < 1.29 is 33.6 Å². The number of carbonyl (C=O) groups excluding carboxylic acids is 7. The Labute approximate surface area is 370 Å². The quantitative estimate of drug-likeness (QED) is 0.0889. The van der Waals surface area contributed by atoms with E-state index in [9.17, 15) is 38.4 Å². The molecule has 3 aromatic carbocycles. The van der Waals surface area contributed by atoms with Crippen molar-refractivity contribution in [2.24, 2.45) is 18.7 Å². The minimum atomic E-state index is -1.09. The Morgan fingerprint density at radius 2 is 1.56 bits per heavy atom. The van der Waals surface area contributed by atoms with Gasteiger partial charge in [0.1, 0.15) is 18.1 Å². The number of hydrogen-bond acceptors (Lipinski definition) is 8. The first kappa shape index (κ1) is 45.0. The summed E-state index contributed by atoms with van der Waals surface area (Å²) in [6.45, 7) is 2.37. The van der Waals surface area contributed by atoms with Crippen LogP contribution < -0.4 is 27.4 Å². The van der Waals surface area contributed by atoms with Crippen LogP contribution in [0.1, 0.15) is 99.9 Å². The van der Waals surface area contributed by atoms with Gasteiger partial charge in [0.05, 0.1) is 23.0 Å². The highest BCUT2D eigenvalue weighted by molar-refractivity contribution is 6.00. The molecule has 3 aliphatic heterocycles. The molecule has 0 saturated carbocycles. The summed E-state index contributed by atoms with van der Waals surface area (Å²) < 4.78 is 2.87. The van der Waals surface area contributed by atoms with Crippen molar-refractivity contribution in [3.05, 3.63) is 106 Å². The Morgan fingerprint density at radius 3 is 2.23 bits per heavy atom. The van der Waals surface area contributed by atoms with Crippen LogP contribution in [-0.2, 0) is 40.6 Å². The van der Waals surface area contributed by atoms with E-state index < -0.39 is 53.7 Å². The second kappa shape index (κ2) is 20.0. The van der Waals surface area contributed by atoms with Crippen LogP contribution in [-0.4, -0.2) is 91.5 Å². The number of fused-ring (bicyclic) bond motifs is 2. The number of aryl methyl sites for hydroxylation is 1. The van der Waals surface area contributed by atoms with Gasteiger partial charge in [-0.15, -0.1) is 0 Å². The van der Waals surface area contributed by atoms with Gasteiger partial charge in [0, 0.05) is 57.4 Å².